The zero-order chi connectivity index (χ0) is 18.4. The van der Waals surface area contributed by atoms with E-state index in [4.69, 9.17) is 12.2 Å². The first-order chi connectivity index (χ1) is 12.6. The molecule has 0 spiro atoms. The van der Waals surface area contributed by atoms with Gasteiger partial charge in [-0.2, -0.15) is 5.10 Å². The van der Waals surface area contributed by atoms with E-state index in [2.05, 4.69) is 26.1 Å². The molecular weight excluding hydrogens is 346 g/mol. The Labute approximate surface area is 156 Å². The van der Waals surface area contributed by atoms with Gasteiger partial charge in [0.15, 0.2) is 5.11 Å². The second-order valence-corrected chi connectivity index (χ2v) is 5.92. The lowest BCUT2D eigenvalue weighted by atomic mass is 10.2. The Morgan fingerprint density at radius 2 is 1.85 bits per heavy atom. The summed E-state index contributed by atoms with van der Waals surface area (Å²) in [6, 6.07) is 17.0. The highest BCUT2D eigenvalue weighted by Gasteiger charge is 2.03. The van der Waals surface area contributed by atoms with E-state index in [1.54, 1.807) is 24.5 Å². The predicted molar refractivity (Wildman–Crippen MR) is 109 cm³/mol. The molecule has 3 aromatic rings. The van der Waals surface area contributed by atoms with Gasteiger partial charge in [-0.3, -0.25) is 15.2 Å². The van der Waals surface area contributed by atoms with Crippen LogP contribution in [0.2, 0.25) is 0 Å². The fourth-order valence-electron chi connectivity index (χ4n) is 2.38. The second kappa shape index (κ2) is 8.17. The van der Waals surface area contributed by atoms with Crippen LogP contribution >= 0.6 is 12.2 Å². The van der Waals surface area contributed by atoms with E-state index in [0.29, 0.717) is 5.11 Å². The van der Waals surface area contributed by atoms with Gasteiger partial charge in [0.2, 0.25) is 5.91 Å². The molecule has 2 aromatic carbocycles. The SMILES string of the molecule is CC(=O)Nc1ccc(/C=N/NC(=S)Nc2cccc3cccnc23)cc1. The molecule has 1 amide bonds. The van der Waals surface area contributed by atoms with Crippen LogP contribution in [-0.4, -0.2) is 22.2 Å². The largest absolute Gasteiger partial charge is 0.330 e. The van der Waals surface area contributed by atoms with Crippen LogP contribution in [-0.2, 0) is 4.79 Å². The molecule has 0 fully saturated rings. The molecule has 1 heterocycles. The normalized spacial score (nSPS) is 10.7. The van der Waals surface area contributed by atoms with Crippen LogP contribution in [0.5, 0.6) is 0 Å². The summed E-state index contributed by atoms with van der Waals surface area (Å²) >= 11 is 5.27. The van der Waals surface area contributed by atoms with Gasteiger partial charge >= 0.3 is 0 Å². The van der Waals surface area contributed by atoms with Gasteiger partial charge < -0.3 is 10.6 Å². The molecule has 0 radical (unpaired) electrons. The number of amides is 1. The number of benzene rings is 2. The minimum Gasteiger partial charge on any atom is -0.330 e. The number of nitrogens with one attached hydrogen (secondary N) is 3. The Morgan fingerprint density at radius 3 is 2.62 bits per heavy atom. The number of nitrogens with zero attached hydrogens (tertiary/aromatic N) is 2. The number of pyridine rings is 1. The second-order valence-electron chi connectivity index (χ2n) is 5.51. The summed E-state index contributed by atoms with van der Waals surface area (Å²) in [5, 5.41) is 11.3. The van der Waals surface area contributed by atoms with E-state index in [1.165, 1.54) is 6.92 Å². The summed E-state index contributed by atoms with van der Waals surface area (Å²) in [7, 11) is 0. The first-order valence-electron chi connectivity index (χ1n) is 7.93. The summed E-state index contributed by atoms with van der Waals surface area (Å²) in [5.74, 6) is -0.104. The number of hydrogen-bond acceptors (Lipinski definition) is 4. The van der Waals surface area contributed by atoms with Gasteiger partial charge in [0.25, 0.3) is 0 Å². The number of aromatic nitrogens is 1. The summed E-state index contributed by atoms with van der Waals surface area (Å²) in [6.07, 6.45) is 3.39. The van der Waals surface area contributed by atoms with E-state index < -0.39 is 0 Å². The molecule has 130 valence electrons. The highest BCUT2D eigenvalue weighted by atomic mass is 32.1. The molecule has 0 aliphatic heterocycles. The molecule has 0 saturated heterocycles. The van der Waals surface area contributed by atoms with Crippen LogP contribution in [0, 0.1) is 0 Å². The van der Waals surface area contributed by atoms with Crippen LogP contribution in [0.1, 0.15) is 12.5 Å². The number of carbonyl (C=O) groups is 1. The molecule has 0 aliphatic rings. The fourth-order valence-corrected chi connectivity index (χ4v) is 2.54. The van der Waals surface area contributed by atoms with E-state index in [-0.39, 0.29) is 5.91 Å². The van der Waals surface area contributed by atoms with Crippen molar-refractivity contribution in [2.24, 2.45) is 5.10 Å². The van der Waals surface area contributed by atoms with E-state index >= 15 is 0 Å². The van der Waals surface area contributed by atoms with Crippen molar-refractivity contribution in [1.29, 1.82) is 0 Å². The molecule has 7 heteroatoms. The molecule has 0 aliphatic carbocycles. The highest BCUT2D eigenvalue weighted by Crippen LogP contribution is 2.20. The number of hydrogen-bond donors (Lipinski definition) is 3. The van der Waals surface area contributed by atoms with Crippen molar-refractivity contribution in [2.45, 2.75) is 6.92 Å². The van der Waals surface area contributed by atoms with E-state index in [1.807, 2.05) is 42.5 Å². The van der Waals surface area contributed by atoms with Gasteiger partial charge in [-0.1, -0.05) is 30.3 Å². The minimum atomic E-state index is -0.104. The van der Waals surface area contributed by atoms with Crippen LogP contribution in [0.3, 0.4) is 0 Å². The molecule has 3 rings (SSSR count). The van der Waals surface area contributed by atoms with Crippen molar-refractivity contribution < 1.29 is 4.79 Å². The van der Waals surface area contributed by atoms with Crippen molar-refractivity contribution in [1.82, 2.24) is 10.4 Å². The maximum atomic E-state index is 11.0. The van der Waals surface area contributed by atoms with Crippen molar-refractivity contribution >= 4 is 51.7 Å². The van der Waals surface area contributed by atoms with Crippen molar-refractivity contribution in [3.8, 4) is 0 Å². The zero-order valence-electron chi connectivity index (χ0n) is 14.1. The molecule has 6 nitrogen and oxygen atoms in total. The average Bonchev–Trinajstić information content (AvgIpc) is 2.63. The third-order valence-electron chi connectivity index (χ3n) is 3.49. The monoisotopic (exact) mass is 363 g/mol. The molecule has 0 bridgehead atoms. The summed E-state index contributed by atoms with van der Waals surface area (Å²) in [5.41, 5.74) is 6.06. The van der Waals surface area contributed by atoms with Gasteiger partial charge in [0, 0.05) is 24.2 Å². The van der Waals surface area contributed by atoms with E-state index in [0.717, 1.165) is 27.8 Å². The smallest absolute Gasteiger partial charge is 0.221 e. The maximum absolute atomic E-state index is 11.0. The van der Waals surface area contributed by atoms with Crippen LogP contribution < -0.4 is 16.1 Å². The summed E-state index contributed by atoms with van der Waals surface area (Å²) in [4.78, 5) is 15.4. The molecule has 0 atom stereocenters. The third-order valence-corrected chi connectivity index (χ3v) is 3.69. The lowest BCUT2D eigenvalue weighted by molar-refractivity contribution is -0.114. The number of carbonyl (C=O) groups excluding carboxylic acids is 1. The first-order valence-corrected chi connectivity index (χ1v) is 8.34. The molecule has 26 heavy (non-hydrogen) atoms. The quantitative estimate of drug-likeness (QED) is 0.376. The molecule has 1 aromatic heterocycles. The minimum absolute atomic E-state index is 0.104. The third kappa shape index (κ3) is 4.61. The van der Waals surface area contributed by atoms with Gasteiger partial charge in [0.1, 0.15) is 0 Å². The van der Waals surface area contributed by atoms with Gasteiger partial charge in [-0.05, 0) is 42.0 Å². The summed E-state index contributed by atoms with van der Waals surface area (Å²) in [6.45, 7) is 1.47. The molecule has 3 N–H and O–H groups in total. The van der Waals surface area contributed by atoms with Gasteiger partial charge in [0.05, 0.1) is 17.4 Å². The van der Waals surface area contributed by atoms with Crippen molar-refractivity contribution in [3.05, 3.63) is 66.4 Å². The van der Waals surface area contributed by atoms with Crippen LogP contribution in [0.4, 0.5) is 11.4 Å². The lowest BCUT2D eigenvalue weighted by Crippen LogP contribution is -2.24. The maximum Gasteiger partial charge on any atom is 0.221 e. The number of para-hydroxylation sites is 1. The predicted octanol–water partition coefficient (Wildman–Crippen LogP) is 3.51. The molecular formula is C19H17N5OS. The Bertz CT molecular complexity index is 964. The molecule has 0 saturated carbocycles. The lowest BCUT2D eigenvalue weighted by Gasteiger charge is -2.09. The number of rotatable bonds is 4. The topological polar surface area (TPSA) is 78.4 Å². The Morgan fingerprint density at radius 1 is 1.08 bits per heavy atom. The number of thiocarbonyl (C=S) groups is 1. The van der Waals surface area contributed by atoms with Crippen LogP contribution in [0.25, 0.3) is 10.9 Å². The summed E-state index contributed by atoms with van der Waals surface area (Å²) < 4.78 is 0. The van der Waals surface area contributed by atoms with Gasteiger partial charge in [-0.25, -0.2) is 0 Å². The average molecular weight is 363 g/mol. The van der Waals surface area contributed by atoms with Crippen molar-refractivity contribution in [2.75, 3.05) is 10.6 Å². The highest BCUT2D eigenvalue weighted by molar-refractivity contribution is 7.80. The number of anilines is 2. The van der Waals surface area contributed by atoms with Crippen LogP contribution in [0.15, 0.2) is 65.9 Å². The van der Waals surface area contributed by atoms with E-state index in [9.17, 15) is 4.79 Å². The Hall–Kier alpha value is -3.32. The van der Waals surface area contributed by atoms with Crippen molar-refractivity contribution in [3.63, 3.8) is 0 Å². The Balaban J connectivity index is 1.60. The first kappa shape index (κ1) is 17.5. The van der Waals surface area contributed by atoms with Gasteiger partial charge in [-0.15, -0.1) is 0 Å². The molecule has 0 unspecified atom stereocenters. The number of fused-ring (bicyclic) bond motifs is 1. The zero-order valence-corrected chi connectivity index (χ0v) is 14.9. The Kier molecular flexibility index (Phi) is 5.50. The fraction of sp³-hybridized carbons (Fsp3) is 0.0526. The standard InChI is InChI=1S/C19H17N5OS/c1-13(25)22-16-9-7-14(8-10-16)12-21-24-19(26)23-17-6-2-4-15-5-3-11-20-18(15)17/h2-12H,1H3,(H,22,25)(H2,23,24,26)/b21-12+. The number of hydrazone groups is 1.